The number of nitrogens with zero attached hydrogens (tertiary/aromatic N) is 3. The molecule has 31 heavy (non-hydrogen) atoms. The minimum Gasteiger partial charge on any atom is -0.323 e. The Labute approximate surface area is 202 Å². The second kappa shape index (κ2) is 11.7. The lowest BCUT2D eigenvalue weighted by Crippen LogP contribution is -2.15. The normalized spacial score (nSPS) is 10.8. The average Bonchev–Trinajstić information content (AvgIpc) is 3.12. The molecule has 1 heterocycles. The van der Waals surface area contributed by atoms with Gasteiger partial charge in [0.1, 0.15) is 11.6 Å². The fourth-order valence-electron chi connectivity index (χ4n) is 2.59. The smallest absolute Gasteiger partial charge is 0.234 e. The van der Waals surface area contributed by atoms with Crippen molar-refractivity contribution in [1.29, 1.82) is 0 Å². The van der Waals surface area contributed by atoms with Crippen LogP contribution < -0.4 is 5.32 Å². The van der Waals surface area contributed by atoms with Gasteiger partial charge in [-0.1, -0.05) is 57.5 Å². The minimum absolute atomic E-state index is 0.0860. The Morgan fingerprint density at radius 3 is 2.71 bits per heavy atom. The van der Waals surface area contributed by atoms with Crippen molar-refractivity contribution in [3.8, 4) is 0 Å². The van der Waals surface area contributed by atoms with Crippen molar-refractivity contribution in [2.45, 2.75) is 23.2 Å². The molecule has 1 N–H and O–H groups in total. The summed E-state index contributed by atoms with van der Waals surface area (Å²) in [6.45, 7) is 4.33. The van der Waals surface area contributed by atoms with Crippen molar-refractivity contribution in [2.24, 2.45) is 0 Å². The molecule has 0 radical (unpaired) electrons. The van der Waals surface area contributed by atoms with Crippen LogP contribution in [0.1, 0.15) is 11.4 Å². The number of thioether (sulfide) groups is 2. The van der Waals surface area contributed by atoms with Crippen LogP contribution >= 0.6 is 51.1 Å². The summed E-state index contributed by atoms with van der Waals surface area (Å²) in [5.41, 5.74) is 1.32. The van der Waals surface area contributed by atoms with E-state index in [1.165, 1.54) is 29.5 Å². The SMILES string of the molecule is C=CCn1c(CSCc2ccc(Cl)cc2)nnc1SCC(=O)Nc1ccc(Br)cc1F. The molecule has 0 bridgehead atoms. The maximum absolute atomic E-state index is 13.9. The molecule has 0 aliphatic rings. The van der Waals surface area contributed by atoms with Gasteiger partial charge >= 0.3 is 0 Å². The largest absolute Gasteiger partial charge is 0.323 e. The standard InChI is InChI=1S/C21H19BrClFN4OS2/c1-2-9-28-19(12-30-11-14-3-6-16(23)7-4-14)26-27-21(28)31-13-20(29)25-18-8-5-15(22)10-17(18)24/h2-8,10H,1,9,11-13H2,(H,25,29). The zero-order valence-corrected chi connectivity index (χ0v) is 20.3. The summed E-state index contributed by atoms with van der Waals surface area (Å²) < 4.78 is 16.4. The number of hydrogen-bond acceptors (Lipinski definition) is 5. The van der Waals surface area contributed by atoms with Crippen LogP contribution in [0.25, 0.3) is 0 Å². The zero-order valence-electron chi connectivity index (χ0n) is 16.4. The number of amides is 1. The highest BCUT2D eigenvalue weighted by Crippen LogP contribution is 2.24. The van der Waals surface area contributed by atoms with Gasteiger partial charge in [0.25, 0.3) is 0 Å². The first-order valence-corrected chi connectivity index (χ1v) is 12.5. The molecule has 1 aromatic heterocycles. The van der Waals surface area contributed by atoms with E-state index in [1.54, 1.807) is 23.9 Å². The number of hydrogen-bond donors (Lipinski definition) is 1. The van der Waals surface area contributed by atoms with Crippen molar-refractivity contribution in [3.05, 3.63) is 81.8 Å². The monoisotopic (exact) mass is 540 g/mol. The Hall–Kier alpha value is -1.81. The van der Waals surface area contributed by atoms with Crippen LogP contribution in [0.5, 0.6) is 0 Å². The molecule has 5 nitrogen and oxygen atoms in total. The second-order valence-corrected chi connectivity index (χ2v) is 9.66. The molecule has 162 valence electrons. The summed E-state index contributed by atoms with van der Waals surface area (Å²) in [4.78, 5) is 12.3. The van der Waals surface area contributed by atoms with Gasteiger partial charge in [0.05, 0.1) is 17.2 Å². The summed E-state index contributed by atoms with van der Waals surface area (Å²) in [5.74, 6) is 1.56. The Morgan fingerprint density at radius 2 is 2.00 bits per heavy atom. The highest BCUT2D eigenvalue weighted by molar-refractivity contribution is 9.10. The lowest BCUT2D eigenvalue weighted by molar-refractivity contribution is -0.113. The van der Waals surface area contributed by atoms with Gasteiger partial charge in [0, 0.05) is 21.8 Å². The van der Waals surface area contributed by atoms with Crippen LogP contribution in [0.15, 0.2) is 64.7 Å². The van der Waals surface area contributed by atoms with E-state index in [0.717, 1.165) is 11.6 Å². The van der Waals surface area contributed by atoms with Gasteiger partial charge in [0.2, 0.25) is 5.91 Å². The molecule has 3 rings (SSSR count). The van der Waals surface area contributed by atoms with Gasteiger partial charge in [-0.25, -0.2) is 4.39 Å². The number of carbonyl (C=O) groups is 1. The molecule has 1 amide bonds. The topological polar surface area (TPSA) is 59.8 Å². The van der Waals surface area contributed by atoms with E-state index in [1.807, 2.05) is 28.8 Å². The summed E-state index contributed by atoms with van der Waals surface area (Å²) in [7, 11) is 0. The first-order valence-electron chi connectivity index (χ1n) is 9.19. The fourth-order valence-corrected chi connectivity index (χ4v) is 4.75. The number of aromatic nitrogens is 3. The van der Waals surface area contributed by atoms with Crippen LogP contribution in [0.4, 0.5) is 10.1 Å². The lowest BCUT2D eigenvalue weighted by atomic mass is 10.2. The summed E-state index contributed by atoms with van der Waals surface area (Å²) in [6.07, 6.45) is 1.76. The summed E-state index contributed by atoms with van der Waals surface area (Å²) in [5, 5.41) is 12.4. The van der Waals surface area contributed by atoms with Gasteiger partial charge in [-0.2, -0.15) is 0 Å². The third-order valence-corrected chi connectivity index (χ3v) is 6.77. The molecule has 0 aliphatic heterocycles. The maximum Gasteiger partial charge on any atom is 0.234 e. The molecule has 0 unspecified atom stereocenters. The number of carbonyl (C=O) groups excluding carboxylic acids is 1. The predicted octanol–water partition coefficient (Wildman–Crippen LogP) is 6.18. The van der Waals surface area contributed by atoms with Gasteiger partial charge in [-0.05, 0) is 35.9 Å². The number of rotatable bonds is 10. The van der Waals surface area contributed by atoms with Crippen molar-refractivity contribution in [1.82, 2.24) is 14.8 Å². The van der Waals surface area contributed by atoms with Gasteiger partial charge in [-0.15, -0.1) is 28.5 Å². The van der Waals surface area contributed by atoms with Crippen molar-refractivity contribution < 1.29 is 9.18 Å². The fraction of sp³-hybridized carbons (Fsp3) is 0.190. The van der Waals surface area contributed by atoms with Gasteiger partial charge in [-0.3, -0.25) is 4.79 Å². The Morgan fingerprint density at radius 1 is 1.23 bits per heavy atom. The highest BCUT2D eigenvalue weighted by Gasteiger charge is 2.14. The van der Waals surface area contributed by atoms with Crippen LogP contribution in [0.2, 0.25) is 5.02 Å². The molecular formula is C21H19BrClFN4OS2. The van der Waals surface area contributed by atoms with Gasteiger partial charge < -0.3 is 9.88 Å². The number of anilines is 1. The predicted molar refractivity (Wildman–Crippen MR) is 130 cm³/mol. The molecule has 0 aliphatic carbocycles. The molecule has 0 atom stereocenters. The van der Waals surface area contributed by atoms with E-state index in [2.05, 4.69) is 38.0 Å². The first kappa shape index (κ1) is 23.8. The molecular weight excluding hydrogens is 523 g/mol. The van der Waals surface area contributed by atoms with E-state index in [4.69, 9.17) is 11.6 Å². The maximum atomic E-state index is 13.9. The molecule has 10 heteroatoms. The van der Waals surface area contributed by atoms with E-state index in [-0.39, 0.29) is 17.3 Å². The average molecular weight is 542 g/mol. The number of nitrogens with one attached hydrogen (secondary N) is 1. The van der Waals surface area contributed by atoms with Crippen LogP contribution in [0, 0.1) is 5.82 Å². The molecule has 0 saturated carbocycles. The van der Waals surface area contributed by atoms with E-state index in [9.17, 15) is 9.18 Å². The quantitative estimate of drug-likeness (QED) is 0.245. The van der Waals surface area contributed by atoms with Crippen molar-refractivity contribution in [3.63, 3.8) is 0 Å². The van der Waals surface area contributed by atoms with E-state index in [0.29, 0.717) is 26.9 Å². The zero-order chi connectivity index (χ0) is 22.2. The Balaban J connectivity index is 1.56. The summed E-state index contributed by atoms with van der Waals surface area (Å²) >= 11 is 12.1. The molecule has 0 saturated heterocycles. The lowest BCUT2D eigenvalue weighted by Gasteiger charge is -2.09. The van der Waals surface area contributed by atoms with Crippen LogP contribution in [-0.2, 0) is 22.8 Å². The van der Waals surface area contributed by atoms with Crippen molar-refractivity contribution >= 4 is 62.6 Å². The number of benzene rings is 2. The molecule has 0 fully saturated rings. The summed E-state index contributed by atoms with van der Waals surface area (Å²) in [6, 6.07) is 12.2. The number of allylic oxidation sites excluding steroid dienone is 1. The molecule has 2 aromatic carbocycles. The second-order valence-electron chi connectivity index (χ2n) is 6.38. The van der Waals surface area contributed by atoms with E-state index < -0.39 is 5.82 Å². The third kappa shape index (κ3) is 7.10. The van der Waals surface area contributed by atoms with Crippen LogP contribution in [-0.4, -0.2) is 26.4 Å². The van der Waals surface area contributed by atoms with E-state index >= 15 is 0 Å². The van der Waals surface area contributed by atoms with Crippen molar-refractivity contribution in [2.75, 3.05) is 11.1 Å². The molecule has 0 spiro atoms. The Bertz CT molecular complexity index is 1060. The van der Waals surface area contributed by atoms with Crippen LogP contribution in [0.3, 0.4) is 0 Å². The first-order chi connectivity index (χ1) is 15.0. The highest BCUT2D eigenvalue weighted by atomic mass is 79.9. The third-order valence-electron chi connectivity index (χ3n) is 4.06. The van der Waals surface area contributed by atoms with Gasteiger partial charge in [0.15, 0.2) is 5.16 Å². The Kier molecular flexibility index (Phi) is 9.01. The number of halogens is 3. The minimum atomic E-state index is -0.498. The molecule has 3 aromatic rings.